The molecule has 3 heteroatoms. The number of amides is 1. The Morgan fingerprint density at radius 2 is 1.80 bits per heavy atom. The van der Waals surface area contributed by atoms with Crippen LogP contribution < -0.4 is 5.32 Å². The molecule has 0 aromatic rings. The first-order valence-electron chi connectivity index (χ1n) is 5.70. The largest absolute Gasteiger partial charge is 0.366 e. The van der Waals surface area contributed by atoms with Crippen LogP contribution in [-0.4, -0.2) is 24.2 Å². The van der Waals surface area contributed by atoms with Crippen LogP contribution in [0.4, 0.5) is 0 Å². The van der Waals surface area contributed by atoms with Gasteiger partial charge in [-0.25, -0.2) is 0 Å². The van der Waals surface area contributed by atoms with E-state index in [-0.39, 0.29) is 11.9 Å². The van der Waals surface area contributed by atoms with Gasteiger partial charge in [0.2, 0.25) is 0 Å². The summed E-state index contributed by atoms with van der Waals surface area (Å²) in [7, 11) is 0. The second kappa shape index (κ2) is 6.11. The fourth-order valence-electron chi connectivity index (χ4n) is 1.05. The first-order chi connectivity index (χ1) is 6.75. The van der Waals surface area contributed by atoms with E-state index in [1.807, 2.05) is 27.7 Å². The number of carbonyl (C=O) groups excluding carboxylic acids is 1. The smallest absolute Gasteiger partial charge is 0.251 e. The number of nitrogens with one attached hydrogen (secondary N) is 1. The minimum atomic E-state index is -0.723. The predicted molar refractivity (Wildman–Crippen MR) is 62.8 cm³/mol. The molecule has 0 aromatic carbocycles. The molecule has 0 atom stereocenters. The van der Waals surface area contributed by atoms with Crippen LogP contribution in [0.1, 0.15) is 48.0 Å². The quantitative estimate of drug-likeness (QED) is 0.738. The lowest BCUT2D eigenvalue weighted by atomic mass is 10.1. The highest BCUT2D eigenvalue weighted by molar-refractivity contribution is 5.84. The number of ether oxygens (including phenoxy) is 1. The fourth-order valence-corrected chi connectivity index (χ4v) is 1.05. The number of hydrogen-bond donors (Lipinski definition) is 1. The normalized spacial score (nSPS) is 12.3. The topological polar surface area (TPSA) is 38.3 Å². The molecule has 0 saturated heterocycles. The van der Waals surface area contributed by atoms with Gasteiger partial charge in [0, 0.05) is 12.6 Å². The minimum absolute atomic E-state index is 0.0405. The van der Waals surface area contributed by atoms with Crippen LogP contribution in [0.2, 0.25) is 0 Å². The fraction of sp³-hybridized carbons (Fsp3) is 0.917. The molecule has 0 heterocycles. The van der Waals surface area contributed by atoms with Gasteiger partial charge in [-0.1, -0.05) is 13.8 Å². The van der Waals surface area contributed by atoms with Crippen LogP contribution in [0, 0.1) is 5.92 Å². The minimum Gasteiger partial charge on any atom is -0.366 e. The maximum atomic E-state index is 11.7. The van der Waals surface area contributed by atoms with E-state index >= 15 is 0 Å². The first-order valence-corrected chi connectivity index (χ1v) is 5.70. The molecule has 15 heavy (non-hydrogen) atoms. The molecule has 1 amide bonds. The van der Waals surface area contributed by atoms with E-state index in [9.17, 15) is 4.79 Å². The van der Waals surface area contributed by atoms with E-state index in [2.05, 4.69) is 19.2 Å². The van der Waals surface area contributed by atoms with Crippen molar-refractivity contribution in [1.29, 1.82) is 0 Å². The van der Waals surface area contributed by atoms with Gasteiger partial charge in [0.05, 0.1) is 0 Å². The van der Waals surface area contributed by atoms with Gasteiger partial charge in [-0.05, 0) is 40.0 Å². The van der Waals surface area contributed by atoms with Crippen LogP contribution in [-0.2, 0) is 9.53 Å². The maximum Gasteiger partial charge on any atom is 0.251 e. The Morgan fingerprint density at radius 3 is 2.20 bits per heavy atom. The molecule has 0 bridgehead atoms. The molecule has 0 unspecified atom stereocenters. The average Bonchev–Trinajstić information content (AvgIpc) is 2.01. The average molecular weight is 215 g/mol. The Kier molecular flexibility index (Phi) is 5.88. The Hall–Kier alpha value is -0.570. The van der Waals surface area contributed by atoms with E-state index < -0.39 is 5.60 Å². The van der Waals surface area contributed by atoms with Crippen molar-refractivity contribution in [3.05, 3.63) is 0 Å². The lowest BCUT2D eigenvalue weighted by Crippen LogP contribution is -2.47. The van der Waals surface area contributed by atoms with Gasteiger partial charge >= 0.3 is 0 Å². The SMILES string of the molecule is CC(C)CCOC(C)(C)C(=O)NC(C)C. The molecule has 0 saturated carbocycles. The van der Waals surface area contributed by atoms with Gasteiger partial charge in [-0.3, -0.25) is 4.79 Å². The Labute approximate surface area is 93.6 Å². The number of hydrogen-bond acceptors (Lipinski definition) is 2. The van der Waals surface area contributed by atoms with Crippen molar-refractivity contribution in [3.63, 3.8) is 0 Å². The lowest BCUT2D eigenvalue weighted by molar-refractivity contribution is -0.143. The van der Waals surface area contributed by atoms with Crippen molar-refractivity contribution in [1.82, 2.24) is 5.32 Å². The monoisotopic (exact) mass is 215 g/mol. The van der Waals surface area contributed by atoms with Gasteiger partial charge in [0.25, 0.3) is 5.91 Å². The number of carbonyl (C=O) groups is 1. The zero-order valence-electron chi connectivity index (χ0n) is 10.9. The van der Waals surface area contributed by atoms with Crippen LogP contribution in [0.5, 0.6) is 0 Å². The second-order valence-electron chi connectivity index (χ2n) is 5.17. The van der Waals surface area contributed by atoms with Crippen molar-refractivity contribution < 1.29 is 9.53 Å². The van der Waals surface area contributed by atoms with Crippen molar-refractivity contribution >= 4 is 5.91 Å². The van der Waals surface area contributed by atoms with Crippen LogP contribution in [0.3, 0.4) is 0 Å². The van der Waals surface area contributed by atoms with Crippen molar-refractivity contribution in [2.24, 2.45) is 5.92 Å². The molecule has 0 aliphatic rings. The second-order valence-corrected chi connectivity index (χ2v) is 5.17. The molecule has 90 valence electrons. The highest BCUT2D eigenvalue weighted by Gasteiger charge is 2.28. The van der Waals surface area contributed by atoms with Gasteiger partial charge in [-0.2, -0.15) is 0 Å². The molecule has 0 aliphatic heterocycles. The standard InChI is InChI=1S/C12H25NO2/c1-9(2)7-8-15-12(5,6)11(14)13-10(3)4/h9-10H,7-8H2,1-6H3,(H,13,14). The number of rotatable bonds is 6. The maximum absolute atomic E-state index is 11.7. The molecular formula is C12H25NO2. The van der Waals surface area contributed by atoms with Crippen LogP contribution in [0.15, 0.2) is 0 Å². The first kappa shape index (κ1) is 14.4. The summed E-state index contributed by atoms with van der Waals surface area (Å²) in [6.45, 7) is 12.4. The molecular weight excluding hydrogens is 190 g/mol. The van der Waals surface area contributed by atoms with Crippen LogP contribution >= 0.6 is 0 Å². The molecule has 0 aromatic heterocycles. The van der Waals surface area contributed by atoms with Crippen molar-refractivity contribution in [2.45, 2.75) is 59.6 Å². The molecule has 0 aliphatic carbocycles. The van der Waals surface area contributed by atoms with Crippen LogP contribution in [0.25, 0.3) is 0 Å². The Morgan fingerprint density at radius 1 is 1.27 bits per heavy atom. The third-order valence-electron chi connectivity index (χ3n) is 2.12. The van der Waals surface area contributed by atoms with E-state index in [1.165, 1.54) is 0 Å². The van der Waals surface area contributed by atoms with Crippen molar-refractivity contribution in [3.8, 4) is 0 Å². The molecule has 0 radical (unpaired) electrons. The van der Waals surface area contributed by atoms with E-state index in [4.69, 9.17) is 4.74 Å². The van der Waals surface area contributed by atoms with E-state index in [0.29, 0.717) is 12.5 Å². The van der Waals surface area contributed by atoms with E-state index in [1.54, 1.807) is 0 Å². The predicted octanol–water partition coefficient (Wildman–Crippen LogP) is 2.35. The van der Waals surface area contributed by atoms with Gasteiger partial charge in [0.15, 0.2) is 0 Å². The third kappa shape index (κ3) is 6.50. The van der Waals surface area contributed by atoms with Crippen molar-refractivity contribution in [2.75, 3.05) is 6.61 Å². The third-order valence-corrected chi connectivity index (χ3v) is 2.12. The molecule has 0 rings (SSSR count). The highest BCUT2D eigenvalue weighted by atomic mass is 16.5. The van der Waals surface area contributed by atoms with Gasteiger partial charge in [0.1, 0.15) is 5.60 Å². The molecule has 1 N–H and O–H groups in total. The van der Waals surface area contributed by atoms with Gasteiger partial charge < -0.3 is 10.1 Å². The summed E-state index contributed by atoms with van der Waals surface area (Å²) in [4.78, 5) is 11.7. The molecule has 0 spiro atoms. The summed E-state index contributed by atoms with van der Waals surface area (Å²) in [6, 6.07) is 0.158. The Balaban J connectivity index is 3.99. The lowest BCUT2D eigenvalue weighted by Gasteiger charge is -2.25. The highest BCUT2D eigenvalue weighted by Crippen LogP contribution is 2.12. The molecule has 0 fully saturated rings. The summed E-state index contributed by atoms with van der Waals surface area (Å²) in [5, 5.41) is 2.86. The zero-order valence-corrected chi connectivity index (χ0v) is 10.9. The summed E-state index contributed by atoms with van der Waals surface area (Å²) < 4.78 is 5.59. The van der Waals surface area contributed by atoms with E-state index in [0.717, 1.165) is 6.42 Å². The Bertz CT molecular complexity index is 198. The summed E-state index contributed by atoms with van der Waals surface area (Å²) in [6.07, 6.45) is 0.985. The zero-order chi connectivity index (χ0) is 12.1. The summed E-state index contributed by atoms with van der Waals surface area (Å²) in [5.74, 6) is 0.565. The van der Waals surface area contributed by atoms with Gasteiger partial charge in [-0.15, -0.1) is 0 Å². The summed E-state index contributed by atoms with van der Waals surface area (Å²) in [5.41, 5.74) is -0.723. The molecule has 3 nitrogen and oxygen atoms in total. The summed E-state index contributed by atoms with van der Waals surface area (Å²) >= 11 is 0.